The highest BCUT2D eigenvalue weighted by molar-refractivity contribution is 7.85. The molecule has 1 heterocycles. The fraction of sp³-hybridized carbons (Fsp3) is 0.0714. The molecule has 0 aliphatic heterocycles. The van der Waals surface area contributed by atoms with Crippen molar-refractivity contribution in [3.63, 3.8) is 0 Å². The number of pyridine rings is 1. The lowest BCUT2D eigenvalue weighted by Crippen LogP contribution is -1.98. The maximum absolute atomic E-state index is 10.7. The quantitative estimate of drug-likeness (QED) is 0.692. The Kier molecular flexibility index (Phi) is 6.42. The molecule has 6 heteroatoms. The van der Waals surface area contributed by atoms with Crippen molar-refractivity contribution in [2.45, 2.75) is 4.90 Å². The summed E-state index contributed by atoms with van der Waals surface area (Å²) in [7, 11) is -4.12. The molecule has 1 aromatic heterocycles. The minimum atomic E-state index is -4.12. The van der Waals surface area contributed by atoms with Gasteiger partial charge in [0, 0.05) is 12.4 Å². The van der Waals surface area contributed by atoms with Crippen molar-refractivity contribution in [3.8, 4) is 5.75 Å². The molecule has 2 aromatic rings. The fourth-order valence-electron chi connectivity index (χ4n) is 1.18. The van der Waals surface area contributed by atoms with Gasteiger partial charge in [0.05, 0.1) is 4.90 Å². The summed E-state index contributed by atoms with van der Waals surface area (Å²) in [4.78, 5) is 3.64. The molecule has 5 nitrogen and oxygen atoms in total. The Bertz CT molecular complexity index is 583. The van der Waals surface area contributed by atoms with Crippen LogP contribution in [0.2, 0.25) is 0 Å². The molecule has 0 aliphatic rings. The third kappa shape index (κ3) is 6.12. The SMILES string of the molecule is C=CCOc1ccc(S(=O)(=O)O)cc1.c1ccncc1. The second-order valence-corrected chi connectivity index (χ2v) is 4.99. The molecule has 0 saturated carbocycles. The smallest absolute Gasteiger partial charge is 0.294 e. The van der Waals surface area contributed by atoms with Gasteiger partial charge in [0.25, 0.3) is 10.1 Å². The van der Waals surface area contributed by atoms with Gasteiger partial charge in [-0.05, 0) is 36.4 Å². The number of aromatic nitrogens is 1. The van der Waals surface area contributed by atoms with Gasteiger partial charge >= 0.3 is 0 Å². The van der Waals surface area contributed by atoms with E-state index in [9.17, 15) is 8.42 Å². The van der Waals surface area contributed by atoms with Crippen LogP contribution in [0.4, 0.5) is 0 Å². The van der Waals surface area contributed by atoms with Crippen molar-refractivity contribution in [1.29, 1.82) is 0 Å². The molecule has 0 aliphatic carbocycles. The topological polar surface area (TPSA) is 76.5 Å². The number of rotatable bonds is 4. The largest absolute Gasteiger partial charge is 0.490 e. The van der Waals surface area contributed by atoms with E-state index in [1.807, 2.05) is 18.2 Å². The van der Waals surface area contributed by atoms with Crippen LogP contribution in [0, 0.1) is 0 Å². The van der Waals surface area contributed by atoms with Crippen molar-refractivity contribution < 1.29 is 17.7 Å². The molecule has 0 bridgehead atoms. The van der Waals surface area contributed by atoms with E-state index < -0.39 is 10.1 Å². The van der Waals surface area contributed by atoms with Crippen molar-refractivity contribution in [2.24, 2.45) is 0 Å². The Morgan fingerprint density at radius 3 is 2.10 bits per heavy atom. The van der Waals surface area contributed by atoms with Gasteiger partial charge in [0.15, 0.2) is 0 Å². The first kappa shape index (κ1) is 15.9. The first-order valence-electron chi connectivity index (χ1n) is 5.70. The molecule has 0 spiro atoms. The molecule has 0 saturated heterocycles. The van der Waals surface area contributed by atoms with Gasteiger partial charge in [0.2, 0.25) is 0 Å². The van der Waals surface area contributed by atoms with E-state index in [0.717, 1.165) is 0 Å². The van der Waals surface area contributed by atoms with E-state index >= 15 is 0 Å². The molecule has 1 N–H and O–H groups in total. The van der Waals surface area contributed by atoms with Gasteiger partial charge in [-0.15, -0.1) is 0 Å². The summed E-state index contributed by atoms with van der Waals surface area (Å²) in [5.74, 6) is 0.525. The standard InChI is InChI=1S/C9H10O4S.C5H5N/c1-2-7-13-8-3-5-9(6-4-8)14(10,11)12;1-2-4-6-5-3-1/h2-6H,1,7H2,(H,10,11,12);1-5H. The van der Waals surface area contributed by atoms with E-state index in [-0.39, 0.29) is 4.90 Å². The Hall–Kier alpha value is -2.18. The summed E-state index contributed by atoms with van der Waals surface area (Å²) >= 11 is 0. The third-order valence-electron chi connectivity index (χ3n) is 2.06. The normalized spacial score (nSPS) is 10.1. The predicted octanol–water partition coefficient (Wildman–Crippen LogP) is 2.58. The molecular formula is C14H15NO4S. The summed E-state index contributed by atoms with van der Waals surface area (Å²) < 4.78 is 35.1. The zero-order chi connectivity index (χ0) is 14.8. The lowest BCUT2D eigenvalue weighted by atomic mass is 10.3. The van der Waals surface area contributed by atoms with E-state index in [1.54, 1.807) is 18.5 Å². The zero-order valence-electron chi connectivity index (χ0n) is 10.7. The van der Waals surface area contributed by atoms with Crippen molar-refractivity contribution in [2.75, 3.05) is 6.61 Å². The van der Waals surface area contributed by atoms with Crippen molar-refractivity contribution in [3.05, 3.63) is 67.5 Å². The highest BCUT2D eigenvalue weighted by Crippen LogP contribution is 2.15. The van der Waals surface area contributed by atoms with E-state index in [4.69, 9.17) is 9.29 Å². The van der Waals surface area contributed by atoms with Gasteiger partial charge < -0.3 is 4.74 Å². The minimum absolute atomic E-state index is 0.150. The van der Waals surface area contributed by atoms with Crippen LogP contribution in [0.3, 0.4) is 0 Å². The second kappa shape index (κ2) is 8.08. The Morgan fingerprint density at radius 2 is 1.75 bits per heavy atom. The summed E-state index contributed by atoms with van der Waals surface area (Å²) in [6, 6.07) is 11.2. The Morgan fingerprint density at radius 1 is 1.15 bits per heavy atom. The minimum Gasteiger partial charge on any atom is -0.490 e. The second-order valence-electron chi connectivity index (χ2n) is 3.57. The van der Waals surface area contributed by atoms with Gasteiger partial charge in [0.1, 0.15) is 12.4 Å². The highest BCUT2D eigenvalue weighted by atomic mass is 32.2. The molecule has 1 aromatic carbocycles. The number of benzene rings is 1. The first-order chi connectivity index (χ1) is 9.54. The number of hydrogen-bond donors (Lipinski definition) is 1. The molecule has 2 rings (SSSR count). The molecule has 0 unspecified atom stereocenters. The van der Waals surface area contributed by atoms with Gasteiger partial charge in [-0.25, -0.2) is 0 Å². The molecule has 0 amide bonds. The Labute approximate surface area is 118 Å². The van der Waals surface area contributed by atoms with Gasteiger partial charge in [-0.1, -0.05) is 18.7 Å². The molecule has 20 heavy (non-hydrogen) atoms. The van der Waals surface area contributed by atoms with E-state index in [0.29, 0.717) is 12.4 Å². The predicted molar refractivity (Wildman–Crippen MR) is 76.2 cm³/mol. The van der Waals surface area contributed by atoms with Gasteiger partial charge in [-0.3, -0.25) is 9.54 Å². The number of hydrogen-bond acceptors (Lipinski definition) is 4. The summed E-state index contributed by atoms with van der Waals surface area (Å²) in [6.45, 7) is 3.82. The van der Waals surface area contributed by atoms with Crippen LogP contribution < -0.4 is 4.74 Å². The summed E-state index contributed by atoms with van der Waals surface area (Å²) in [5, 5.41) is 0. The molecular weight excluding hydrogens is 278 g/mol. The van der Waals surface area contributed by atoms with Crippen LogP contribution in [0.1, 0.15) is 0 Å². The van der Waals surface area contributed by atoms with Crippen LogP contribution >= 0.6 is 0 Å². The molecule has 0 radical (unpaired) electrons. The van der Waals surface area contributed by atoms with Crippen LogP contribution in [0.5, 0.6) is 5.75 Å². The number of nitrogens with zero attached hydrogens (tertiary/aromatic N) is 1. The van der Waals surface area contributed by atoms with Crippen LogP contribution in [0.15, 0.2) is 72.4 Å². The molecule has 0 fully saturated rings. The van der Waals surface area contributed by atoms with Gasteiger partial charge in [-0.2, -0.15) is 8.42 Å². The third-order valence-corrected chi connectivity index (χ3v) is 2.92. The van der Waals surface area contributed by atoms with Crippen LogP contribution in [-0.2, 0) is 10.1 Å². The Balaban J connectivity index is 0.000000276. The number of ether oxygens (including phenoxy) is 1. The van der Waals surface area contributed by atoms with E-state index in [2.05, 4.69) is 11.6 Å². The van der Waals surface area contributed by atoms with Crippen LogP contribution in [0.25, 0.3) is 0 Å². The zero-order valence-corrected chi connectivity index (χ0v) is 11.5. The first-order valence-corrected chi connectivity index (χ1v) is 7.14. The highest BCUT2D eigenvalue weighted by Gasteiger charge is 2.08. The summed E-state index contributed by atoms with van der Waals surface area (Å²) in [5.41, 5.74) is 0. The molecule has 0 atom stereocenters. The maximum Gasteiger partial charge on any atom is 0.294 e. The fourth-order valence-corrected chi connectivity index (χ4v) is 1.66. The average molecular weight is 293 g/mol. The molecule has 106 valence electrons. The average Bonchev–Trinajstić information content (AvgIpc) is 2.47. The summed E-state index contributed by atoms with van der Waals surface area (Å²) in [6.07, 6.45) is 5.08. The monoisotopic (exact) mass is 293 g/mol. The lowest BCUT2D eigenvalue weighted by Gasteiger charge is -2.02. The maximum atomic E-state index is 10.7. The van der Waals surface area contributed by atoms with Crippen LogP contribution in [-0.4, -0.2) is 24.6 Å². The van der Waals surface area contributed by atoms with Crippen molar-refractivity contribution >= 4 is 10.1 Å². The lowest BCUT2D eigenvalue weighted by molar-refractivity contribution is 0.363. The van der Waals surface area contributed by atoms with E-state index in [1.165, 1.54) is 24.3 Å². The van der Waals surface area contributed by atoms with Crippen molar-refractivity contribution in [1.82, 2.24) is 4.98 Å².